The Morgan fingerprint density at radius 2 is 1.85 bits per heavy atom. The summed E-state index contributed by atoms with van der Waals surface area (Å²) in [5.74, 6) is 1.63. The van der Waals surface area contributed by atoms with E-state index in [1.54, 1.807) is 7.11 Å². The normalized spacial score (nSPS) is 22.1. The average molecular weight is 276 g/mol. The number of hydrogen-bond donors (Lipinski definition) is 2. The van der Waals surface area contributed by atoms with Gasteiger partial charge in [0.2, 0.25) is 0 Å². The van der Waals surface area contributed by atoms with Gasteiger partial charge in [0.1, 0.15) is 5.75 Å². The molecule has 20 heavy (non-hydrogen) atoms. The first-order valence-corrected chi connectivity index (χ1v) is 7.34. The molecule has 1 saturated carbocycles. The highest BCUT2D eigenvalue weighted by Gasteiger charge is 2.19. The standard InChI is InChI=1S/C16H24N2O2/c1-12-3-7-14(8-4-12)18-16(19)17-11-13-5-9-15(20-2)10-6-13/h5-6,9-10,12,14H,3-4,7-8,11H2,1-2H3,(H2,17,18,19). The number of amides is 2. The van der Waals surface area contributed by atoms with Gasteiger partial charge in [-0.15, -0.1) is 0 Å². The zero-order valence-electron chi connectivity index (χ0n) is 12.3. The maximum absolute atomic E-state index is 11.8. The number of ether oxygens (including phenoxy) is 1. The molecule has 1 aromatic carbocycles. The van der Waals surface area contributed by atoms with Gasteiger partial charge in [-0.1, -0.05) is 19.1 Å². The average Bonchev–Trinajstić information content (AvgIpc) is 2.48. The Bertz CT molecular complexity index is 423. The molecule has 1 aromatic rings. The Morgan fingerprint density at radius 3 is 2.45 bits per heavy atom. The molecule has 0 unspecified atom stereocenters. The zero-order valence-corrected chi connectivity index (χ0v) is 12.3. The summed E-state index contributed by atoms with van der Waals surface area (Å²) in [7, 11) is 1.64. The van der Waals surface area contributed by atoms with Gasteiger partial charge in [-0.25, -0.2) is 4.79 Å². The van der Waals surface area contributed by atoms with Crippen molar-refractivity contribution in [3.63, 3.8) is 0 Å². The molecule has 0 spiro atoms. The third-order valence-electron chi connectivity index (χ3n) is 3.96. The van der Waals surface area contributed by atoms with Crippen LogP contribution >= 0.6 is 0 Å². The number of urea groups is 1. The van der Waals surface area contributed by atoms with Crippen molar-refractivity contribution in [2.45, 2.75) is 45.2 Å². The lowest BCUT2D eigenvalue weighted by Crippen LogP contribution is -2.43. The van der Waals surface area contributed by atoms with E-state index in [-0.39, 0.29) is 6.03 Å². The van der Waals surface area contributed by atoms with Crippen LogP contribution in [0.2, 0.25) is 0 Å². The first-order chi connectivity index (χ1) is 9.67. The molecular formula is C16H24N2O2. The van der Waals surface area contributed by atoms with Gasteiger partial charge in [0.15, 0.2) is 0 Å². The van der Waals surface area contributed by atoms with E-state index in [9.17, 15) is 4.79 Å². The number of nitrogens with one attached hydrogen (secondary N) is 2. The van der Waals surface area contributed by atoms with E-state index in [4.69, 9.17) is 4.74 Å². The Hall–Kier alpha value is -1.71. The number of benzene rings is 1. The monoisotopic (exact) mass is 276 g/mol. The van der Waals surface area contributed by atoms with Crippen LogP contribution in [0, 0.1) is 5.92 Å². The van der Waals surface area contributed by atoms with Gasteiger partial charge in [-0.3, -0.25) is 0 Å². The van der Waals surface area contributed by atoms with Crippen molar-refractivity contribution in [2.24, 2.45) is 5.92 Å². The van der Waals surface area contributed by atoms with Crippen LogP contribution in [-0.4, -0.2) is 19.2 Å². The van der Waals surface area contributed by atoms with Gasteiger partial charge >= 0.3 is 6.03 Å². The summed E-state index contributed by atoms with van der Waals surface area (Å²) in [6.45, 7) is 2.82. The molecule has 0 saturated heterocycles. The van der Waals surface area contributed by atoms with Crippen molar-refractivity contribution in [1.29, 1.82) is 0 Å². The summed E-state index contributed by atoms with van der Waals surface area (Å²) in [6.07, 6.45) is 4.61. The van der Waals surface area contributed by atoms with Crippen molar-refractivity contribution >= 4 is 6.03 Å². The van der Waals surface area contributed by atoms with Gasteiger partial charge in [0.25, 0.3) is 0 Å². The molecular weight excluding hydrogens is 252 g/mol. The van der Waals surface area contributed by atoms with Crippen LogP contribution in [0.5, 0.6) is 5.75 Å². The highest BCUT2D eigenvalue weighted by Crippen LogP contribution is 2.23. The Morgan fingerprint density at radius 1 is 1.20 bits per heavy atom. The molecule has 2 amide bonds. The van der Waals surface area contributed by atoms with Gasteiger partial charge in [0.05, 0.1) is 7.11 Å². The molecule has 1 fully saturated rings. The molecule has 4 nitrogen and oxygen atoms in total. The fraction of sp³-hybridized carbons (Fsp3) is 0.562. The highest BCUT2D eigenvalue weighted by molar-refractivity contribution is 5.74. The van der Waals surface area contributed by atoms with Crippen molar-refractivity contribution in [3.8, 4) is 5.75 Å². The van der Waals surface area contributed by atoms with Crippen molar-refractivity contribution in [1.82, 2.24) is 10.6 Å². The highest BCUT2D eigenvalue weighted by atomic mass is 16.5. The molecule has 1 aliphatic rings. The van der Waals surface area contributed by atoms with E-state index < -0.39 is 0 Å². The minimum Gasteiger partial charge on any atom is -0.497 e. The summed E-state index contributed by atoms with van der Waals surface area (Å²) in [5.41, 5.74) is 1.07. The van der Waals surface area contributed by atoms with E-state index >= 15 is 0 Å². The first-order valence-electron chi connectivity index (χ1n) is 7.34. The van der Waals surface area contributed by atoms with Crippen LogP contribution in [0.4, 0.5) is 4.79 Å². The minimum absolute atomic E-state index is 0.0691. The second-order valence-electron chi connectivity index (χ2n) is 5.63. The van der Waals surface area contributed by atoms with Gasteiger partial charge in [0, 0.05) is 12.6 Å². The lowest BCUT2D eigenvalue weighted by Gasteiger charge is -2.26. The van der Waals surface area contributed by atoms with Crippen LogP contribution in [0.1, 0.15) is 38.2 Å². The molecule has 2 rings (SSSR count). The molecule has 0 heterocycles. The summed E-state index contributed by atoms with van der Waals surface area (Å²) < 4.78 is 5.10. The lowest BCUT2D eigenvalue weighted by atomic mass is 9.87. The summed E-state index contributed by atoms with van der Waals surface area (Å²) >= 11 is 0. The second kappa shape index (κ2) is 7.17. The molecule has 0 bridgehead atoms. The summed E-state index contributed by atoms with van der Waals surface area (Å²) in [4.78, 5) is 11.8. The number of carbonyl (C=O) groups excluding carboxylic acids is 1. The quantitative estimate of drug-likeness (QED) is 0.888. The van der Waals surface area contributed by atoms with Gasteiger partial charge in [-0.2, -0.15) is 0 Å². The van der Waals surface area contributed by atoms with E-state index in [2.05, 4.69) is 17.6 Å². The summed E-state index contributed by atoms with van der Waals surface area (Å²) in [6, 6.07) is 7.99. The molecule has 110 valence electrons. The molecule has 2 N–H and O–H groups in total. The predicted molar refractivity (Wildman–Crippen MR) is 79.8 cm³/mol. The Balaban J connectivity index is 1.71. The minimum atomic E-state index is -0.0691. The number of carbonyl (C=O) groups is 1. The van der Waals surface area contributed by atoms with E-state index in [0.29, 0.717) is 12.6 Å². The van der Waals surface area contributed by atoms with E-state index in [1.165, 1.54) is 12.8 Å². The largest absolute Gasteiger partial charge is 0.497 e. The van der Waals surface area contributed by atoms with Crippen LogP contribution in [0.15, 0.2) is 24.3 Å². The van der Waals surface area contributed by atoms with Crippen LogP contribution in [-0.2, 0) is 6.54 Å². The second-order valence-corrected chi connectivity index (χ2v) is 5.63. The van der Waals surface area contributed by atoms with Crippen LogP contribution < -0.4 is 15.4 Å². The molecule has 1 aliphatic carbocycles. The smallest absolute Gasteiger partial charge is 0.315 e. The summed E-state index contributed by atoms with van der Waals surface area (Å²) in [5, 5.41) is 5.96. The molecule has 0 aromatic heterocycles. The van der Waals surface area contributed by atoms with Crippen LogP contribution in [0.25, 0.3) is 0 Å². The SMILES string of the molecule is COc1ccc(CNC(=O)NC2CCC(C)CC2)cc1. The third-order valence-corrected chi connectivity index (χ3v) is 3.96. The van der Waals surface area contributed by atoms with Gasteiger partial charge < -0.3 is 15.4 Å². The molecule has 0 atom stereocenters. The Labute approximate surface area is 120 Å². The molecule has 4 heteroatoms. The fourth-order valence-electron chi connectivity index (χ4n) is 2.57. The topological polar surface area (TPSA) is 50.4 Å². The van der Waals surface area contributed by atoms with Crippen LogP contribution in [0.3, 0.4) is 0 Å². The van der Waals surface area contributed by atoms with E-state index in [0.717, 1.165) is 30.1 Å². The maximum Gasteiger partial charge on any atom is 0.315 e. The Kier molecular flexibility index (Phi) is 5.27. The van der Waals surface area contributed by atoms with Crippen molar-refractivity contribution < 1.29 is 9.53 Å². The predicted octanol–water partition coefficient (Wildman–Crippen LogP) is 3.07. The van der Waals surface area contributed by atoms with Crippen molar-refractivity contribution in [2.75, 3.05) is 7.11 Å². The first kappa shape index (κ1) is 14.7. The molecule has 0 radical (unpaired) electrons. The van der Waals surface area contributed by atoms with Gasteiger partial charge in [-0.05, 0) is 49.3 Å². The zero-order chi connectivity index (χ0) is 14.4. The number of rotatable bonds is 4. The third kappa shape index (κ3) is 4.44. The number of hydrogen-bond acceptors (Lipinski definition) is 2. The maximum atomic E-state index is 11.8. The fourth-order valence-corrected chi connectivity index (χ4v) is 2.57. The molecule has 0 aliphatic heterocycles. The van der Waals surface area contributed by atoms with Crippen molar-refractivity contribution in [3.05, 3.63) is 29.8 Å². The number of methoxy groups -OCH3 is 1. The lowest BCUT2D eigenvalue weighted by molar-refractivity contribution is 0.228. The van der Waals surface area contributed by atoms with E-state index in [1.807, 2.05) is 24.3 Å².